The highest BCUT2D eigenvalue weighted by molar-refractivity contribution is 9.10. The highest BCUT2D eigenvalue weighted by Gasteiger charge is 2.43. The lowest BCUT2D eigenvalue weighted by atomic mass is 10.1. The number of guanidine groups is 1. The van der Waals surface area contributed by atoms with Crippen LogP contribution in [0.4, 0.5) is 5.69 Å². The molecule has 1 aromatic heterocycles. The van der Waals surface area contributed by atoms with E-state index >= 15 is 0 Å². The average Bonchev–Trinajstić information content (AvgIpc) is 2.63. The summed E-state index contributed by atoms with van der Waals surface area (Å²) in [7, 11) is 0. The number of aliphatic carboxylic acids is 1. The Hall–Kier alpha value is -2.55. The van der Waals surface area contributed by atoms with Crippen LogP contribution >= 0.6 is 15.9 Å². The van der Waals surface area contributed by atoms with Gasteiger partial charge >= 0.3 is 5.97 Å². The number of amides is 1. The summed E-state index contributed by atoms with van der Waals surface area (Å²) in [6.07, 6.45) is 3.85. The number of benzene rings is 1. The monoisotopic (exact) mass is 403 g/mol. The molecule has 0 radical (unpaired) electrons. The van der Waals surface area contributed by atoms with E-state index in [0.717, 1.165) is 6.42 Å². The van der Waals surface area contributed by atoms with Crippen LogP contribution in [-0.2, 0) is 9.59 Å². The summed E-state index contributed by atoms with van der Waals surface area (Å²) in [6, 6.07) is 2.55. The molecule has 2 aromatic rings. The van der Waals surface area contributed by atoms with Crippen molar-refractivity contribution in [1.29, 1.82) is 0 Å². The first-order chi connectivity index (χ1) is 12.1. The molecule has 2 aliphatic heterocycles. The number of hydrogen-bond donors (Lipinski definition) is 1. The third-order valence-corrected chi connectivity index (χ3v) is 5.12. The molecule has 0 aliphatic carbocycles. The van der Waals surface area contributed by atoms with Gasteiger partial charge in [0.05, 0.1) is 22.1 Å². The summed E-state index contributed by atoms with van der Waals surface area (Å²) < 4.78 is 0.631. The first-order valence-electron chi connectivity index (χ1n) is 7.84. The molecule has 0 saturated carbocycles. The second-order valence-corrected chi connectivity index (χ2v) is 6.62. The molecule has 4 rings (SSSR count). The maximum atomic E-state index is 12.3. The first kappa shape index (κ1) is 15.9. The minimum absolute atomic E-state index is 0.0979. The number of carboxylic acids is 1. The van der Waals surface area contributed by atoms with E-state index in [-0.39, 0.29) is 12.3 Å². The highest BCUT2D eigenvalue weighted by Crippen LogP contribution is 2.36. The molecule has 3 heterocycles. The zero-order chi connectivity index (χ0) is 17.6. The third kappa shape index (κ3) is 2.55. The Morgan fingerprint density at radius 2 is 2.08 bits per heavy atom. The van der Waals surface area contributed by atoms with Crippen LogP contribution in [0.25, 0.3) is 11.0 Å². The van der Waals surface area contributed by atoms with Crippen LogP contribution < -0.4 is 4.90 Å². The van der Waals surface area contributed by atoms with Crippen LogP contribution in [0, 0.1) is 0 Å². The SMILES string of the molecule is O=C(O)C1CC(=O)N2CCCN=C2N1c1ccc2nccnc2c1Br. The van der Waals surface area contributed by atoms with Gasteiger partial charge in [0.15, 0.2) is 0 Å². The van der Waals surface area contributed by atoms with Crippen molar-refractivity contribution in [3.63, 3.8) is 0 Å². The quantitative estimate of drug-likeness (QED) is 0.817. The summed E-state index contributed by atoms with van der Waals surface area (Å²) in [5.41, 5.74) is 1.93. The smallest absolute Gasteiger partial charge is 0.327 e. The molecule has 2 aliphatic rings. The average molecular weight is 404 g/mol. The van der Waals surface area contributed by atoms with Crippen molar-refractivity contribution < 1.29 is 14.7 Å². The maximum absolute atomic E-state index is 12.3. The summed E-state index contributed by atoms with van der Waals surface area (Å²) in [4.78, 5) is 40.4. The Morgan fingerprint density at radius 3 is 2.88 bits per heavy atom. The van der Waals surface area contributed by atoms with Crippen LogP contribution in [0.5, 0.6) is 0 Å². The minimum Gasteiger partial charge on any atom is -0.480 e. The number of carbonyl (C=O) groups is 2. The zero-order valence-corrected chi connectivity index (χ0v) is 14.7. The van der Waals surface area contributed by atoms with Gasteiger partial charge in [-0.2, -0.15) is 0 Å². The van der Waals surface area contributed by atoms with Crippen molar-refractivity contribution in [3.05, 3.63) is 29.0 Å². The predicted octanol–water partition coefficient (Wildman–Crippen LogP) is 1.64. The Balaban J connectivity index is 1.91. The minimum atomic E-state index is -1.06. The third-order valence-electron chi connectivity index (χ3n) is 4.33. The predicted molar refractivity (Wildman–Crippen MR) is 94.4 cm³/mol. The molecule has 0 spiro atoms. The number of fused-ring (bicyclic) bond motifs is 2. The number of aromatic nitrogens is 2. The van der Waals surface area contributed by atoms with Crippen LogP contribution in [0.15, 0.2) is 34.0 Å². The van der Waals surface area contributed by atoms with Crippen molar-refractivity contribution in [2.24, 2.45) is 4.99 Å². The molecule has 8 nitrogen and oxygen atoms in total. The normalized spacial score (nSPS) is 20.4. The largest absolute Gasteiger partial charge is 0.480 e. The van der Waals surface area contributed by atoms with Crippen molar-refractivity contribution in [2.45, 2.75) is 18.9 Å². The Labute approximate surface area is 151 Å². The number of hydrogen-bond acceptors (Lipinski definition) is 6. The standard InChI is InChI=1S/C16H14BrN5O3/c17-13-10(3-2-9-14(13)19-6-5-18-9)22-11(15(24)25)8-12(23)21-7-1-4-20-16(21)22/h2-3,5-6,11H,1,4,7-8H2,(H,24,25). The van der Waals surface area contributed by atoms with Crippen molar-refractivity contribution in [3.8, 4) is 0 Å². The van der Waals surface area contributed by atoms with Gasteiger partial charge in [0.2, 0.25) is 11.9 Å². The summed E-state index contributed by atoms with van der Waals surface area (Å²) in [5.74, 6) is -0.884. The fraction of sp³-hybridized carbons (Fsp3) is 0.312. The van der Waals surface area contributed by atoms with Gasteiger partial charge in [-0.05, 0) is 34.5 Å². The van der Waals surface area contributed by atoms with Gasteiger partial charge in [-0.3, -0.25) is 29.6 Å². The van der Waals surface area contributed by atoms with Crippen molar-refractivity contribution >= 4 is 50.5 Å². The van der Waals surface area contributed by atoms with Gasteiger partial charge in [0.25, 0.3) is 0 Å². The number of aliphatic imine (C=N–C) groups is 1. The van der Waals surface area contributed by atoms with E-state index in [9.17, 15) is 14.7 Å². The molecule has 1 atom stereocenters. The van der Waals surface area contributed by atoms with E-state index in [0.29, 0.717) is 40.2 Å². The van der Waals surface area contributed by atoms with Gasteiger partial charge in [-0.1, -0.05) is 0 Å². The zero-order valence-electron chi connectivity index (χ0n) is 13.1. The van der Waals surface area contributed by atoms with Gasteiger partial charge in [0, 0.05) is 25.5 Å². The molecule has 1 unspecified atom stereocenters. The van der Waals surface area contributed by atoms with E-state index in [2.05, 4.69) is 30.9 Å². The van der Waals surface area contributed by atoms with Crippen LogP contribution in [-0.4, -0.2) is 56.9 Å². The number of carboxylic acid groups (broad SMARTS) is 1. The fourth-order valence-electron chi connectivity index (χ4n) is 3.19. The Bertz CT molecular complexity index is 916. The van der Waals surface area contributed by atoms with Crippen molar-refractivity contribution in [1.82, 2.24) is 14.9 Å². The van der Waals surface area contributed by atoms with Gasteiger partial charge in [0.1, 0.15) is 11.6 Å². The molecule has 9 heteroatoms. The van der Waals surface area contributed by atoms with E-state index in [4.69, 9.17) is 0 Å². The number of anilines is 1. The second kappa shape index (κ2) is 6.07. The molecular formula is C16H14BrN5O3. The highest BCUT2D eigenvalue weighted by atomic mass is 79.9. The Morgan fingerprint density at radius 1 is 1.28 bits per heavy atom. The maximum Gasteiger partial charge on any atom is 0.327 e. The van der Waals surface area contributed by atoms with Gasteiger partial charge in [-0.15, -0.1) is 0 Å². The molecular weight excluding hydrogens is 390 g/mol. The van der Waals surface area contributed by atoms with Gasteiger partial charge < -0.3 is 5.11 Å². The molecule has 25 heavy (non-hydrogen) atoms. The van der Waals surface area contributed by atoms with E-state index < -0.39 is 12.0 Å². The molecule has 1 N–H and O–H groups in total. The fourth-order valence-corrected chi connectivity index (χ4v) is 3.82. The van der Waals surface area contributed by atoms with Crippen LogP contribution in [0.3, 0.4) is 0 Å². The van der Waals surface area contributed by atoms with Gasteiger partial charge in [-0.25, -0.2) is 4.79 Å². The second-order valence-electron chi connectivity index (χ2n) is 5.83. The molecule has 1 fully saturated rings. The molecule has 128 valence electrons. The molecule has 1 amide bonds. The molecule has 1 saturated heterocycles. The number of carbonyl (C=O) groups excluding carboxylic acids is 1. The first-order valence-corrected chi connectivity index (χ1v) is 8.63. The summed E-state index contributed by atoms with van der Waals surface area (Å²) >= 11 is 3.53. The lowest BCUT2D eigenvalue weighted by molar-refractivity contribution is -0.142. The Kier molecular flexibility index (Phi) is 3.87. The molecule has 1 aromatic carbocycles. The lowest BCUT2D eigenvalue weighted by Crippen LogP contribution is -2.61. The summed E-state index contributed by atoms with van der Waals surface area (Å²) in [6.45, 7) is 1.11. The van der Waals surface area contributed by atoms with E-state index in [1.807, 2.05) is 0 Å². The van der Waals surface area contributed by atoms with Crippen LogP contribution in [0.2, 0.25) is 0 Å². The van der Waals surface area contributed by atoms with E-state index in [1.165, 1.54) is 0 Å². The van der Waals surface area contributed by atoms with Crippen molar-refractivity contribution in [2.75, 3.05) is 18.0 Å². The number of rotatable bonds is 2. The summed E-state index contributed by atoms with van der Waals surface area (Å²) in [5, 5.41) is 9.67. The lowest BCUT2D eigenvalue weighted by Gasteiger charge is -2.43. The topological polar surface area (TPSA) is 99.0 Å². The molecule has 0 bridgehead atoms. The number of nitrogens with zero attached hydrogens (tertiary/aromatic N) is 5. The van der Waals surface area contributed by atoms with Crippen LogP contribution in [0.1, 0.15) is 12.8 Å². The van der Waals surface area contributed by atoms with E-state index in [1.54, 1.807) is 34.3 Å². The number of halogens is 1.